The van der Waals surface area contributed by atoms with Crippen molar-refractivity contribution in [3.8, 4) is 10.4 Å². The molecule has 190 valence electrons. The Balaban J connectivity index is 1.65. The first kappa shape index (κ1) is 26.7. The van der Waals surface area contributed by atoms with Gasteiger partial charge in [-0.05, 0) is 51.3 Å². The Kier molecular flexibility index (Phi) is 8.57. The first-order valence-electron chi connectivity index (χ1n) is 11.3. The van der Waals surface area contributed by atoms with E-state index >= 15 is 0 Å². The Hall–Kier alpha value is -2.89. The number of carbonyl (C=O) groups is 2. The normalized spacial score (nSPS) is 16.9. The number of ether oxygens (including phenoxy) is 1. The highest BCUT2D eigenvalue weighted by atomic mass is 32.2. The molecule has 1 fully saturated rings. The Bertz CT molecular complexity index is 1170. The van der Waals surface area contributed by atoms with Gasteiger partial charge in [0, 0.05) is 24.0 Å². The van der Waals surface area contributed by atoms with Crippen molar-refractivity contribution in [2.75, 3.05) is 24.2 Å². The lowest BCUT2D eigenvalue weighted by atomic mass is 10.1. The number of anilines is 1. The van der Waals surface area contributed by atoms with Crippen LogP contribution in [0.5, 0.6) is 0 Å². The van der Waals surface area contributed by atoms with Gasteiger partial charge in [0.25, 0.3) is 0 Å². The molecule has 3 amide bonds. The number of primary amides is 1. The molecule has 1 aromatic carbocycles. The van der Waals surface area contributed by atoms with Crippen LogP contribution in [0, 0.1) is 0 Å². The molecular formula is C24H32N4O5S2. The summed E-state index contributed by atoms with van der Waals surface area (Å²) in [6.45, 7) is 6.17. The SMILES string of the molecule is CC(C)(C)OC(=O)N1CCCC(NS(=O)(=O)CC=Cc2sc(-c3ccccc3)cc2NC(N)=O)C1. The second-order valence-electron chi connectivity index (χ2n) is 9.31. The number of thiophene rings is 1. The number of nitrogens with zero attached hydrogens (tertiary/aromatic N) is 1. The van der Waals surface area contributed by atoms with Crippen molar-refractivity contribution in [1.82, 2.24) is 9.62 Å². The number of hydrogen-bond acceptors (Lipinski definition) is 6. The Morgan fingerprint density at radius 2 is 1.97 bits per heavy atom. The lowest BCUT2D eigenvalue weighted by Gasteiger charge is -2.34. The second kappa shape index (κ2) is 11.2. The van der Waals surface area contributed by atoms with E-state index in [2.05, 4.69) is 10.0 Å². The van der Waals surface area contributed by atoms with Crippen molar-refractivity contribution in [3.05, 3.63) is 47.4 Å². The number of urea groups is 1. The average Bonchev–Trinajstić information content (AvgIpc) is 3.15. The summed E-state index contributed by atoms with van der Waals surface area (Å²) in [7, 11) is -3.64. The van der Waals surface area contributed by atoms with Crippen molar-refractivity contribution in [2.24, 2.45) is 5.73 Å². The average molecular weight is 521 g/mol. The molecule has 1 aliphatic rings. The number of hydrogen-bond donors (Lipinski definition) is 3. The third-order valence-corrected chi connectivity index (χ3v) is 7.55. The molecule has 11 heteroatoms. The minimum Gasteiger partial charge on any atom is -0.444 e. The van der Waals surface area contributed by atoms with Crippen LogP contribution >= 0.6 is 11.3 Å². The van der Waals surface area contributed by atoms with Gasteiger partial charge in [-0.15, -0.1) is 11.3 Å². The van der Waals surface area contributed by atoms with E-state index in [1.165, 1.54) is 22.3 Å². The number of sulfonamides is 1. The molecule has 9 nitrogen and oxygen atoms in total. The van der Waals surface area contributed by atoms with Crippen molar-refractivity contribution >= 4 is 45.2 Å². The molecule has 0 aliphatic carbocycles. The predicted molar refractivity (Wildman–Crippen MR) is 140 cm³/mol. The van der Waals surface area contributed by atoms with E-state index in [0.717, 1.165) is 10.4 Å². The molecular weight excluding hydrogens is 488 g/mol. The fraction of sp³-hybridized carbons (Fsp3) is 0.417. The number of nitrogens with one attached hydrogen (secondary N) is 2. The molecule has 2 heterocycles. The Morgan fingerprint density at radius 3 is 2.63 bits per heavy atom. The number of likely N-dealkylation sites (tertiary alicyclic amines) is 1. The molecule has 2 aromatic rings. The summed E-state index contributed by atoms with van der Waals surface area (Å²) in [6, 6.07) is 10.4. The summed E-state index contributed by atoms with van der Waals surface area (Å²) in [6.07, 6.45) is 4.07. The van der Waals surface area contributed by atoms with Crippen molar-refractivity contribution in [1.29, 1.82) is 0 Å². The van der Waals surface area contributed by atoms with Crippen LogP contribution in [0.25, 0.3) is 16.5 Å². The van der Waals surface area contributed by atoms with Gasteiger partial charge in [0.2, 0.25) is 10.0 Å². The Morgan fingerprint density at radius 1 is 1.26 bits per heavy atom. The monoisotopic (exact) mass is 520 g/mol. The number of amides is 3. The fourth-order valence-electron chi connectivity index (χ4n) is 3.65. The lowest BCUT2D eigenvalue weighted by Crippen LogP contribution is -2.50. The van der Waals surface area contributed by atoms with Crippen LogP contribution in [0.2, 0.25) is 0 Å². The van der Waals surface area contributed by atoms with Gasteiger partial charge < -0.3 is 20.7 Å². The van der Waals surface area contributed by atoms with E-state index in [1.54, 1.807) is 26.8 Å². The standard InChI is InChI=1S/C24H32N4O5S2/c1-24(2,3)33-23(30)28-13-7-11-18(16-28)27-35(31,32)14-8-12-20-19(26-22(25)29)15-21(34-20)17-9-5-4-6-10-17/h4-6,8-10,12,15,18,27H,7,11,13-14,16H2,1-3H3,(H3,25,26,29). The van der Waals surface area contributed by atoms with Gasteiger partial charge in [-0.2, -0.15) is 0 Å². The number of rotatable bonds is 7. The zero-order valence-corrected chi connectivity index (χ0v) is 21.7. The summed E-state index contributed by atoms with van der Waals surface area (Å²) >= 11 is 1.42. The van der Waals surface area contributed by atoms with Crippen LogP contribution in [0.3, 0.4) is 0 Å². The molecule has 1 saturated heterocycles. The number of piperidine rings is 1. The number of benzene rings is 1. The van der Waals surface area contributed by atoms with E-state index in [0.29, 0.717) is 30.0 Å². The largest absolute Gasteiger partial charge is 0.444 e. The molecule has 3 rings (SSSR count). The predicted octanol–water partition coefficient (Wildman–Crippen LogP) is 4.24. The maximum atomic E-state index is 12.7. The van der Waals surface area contributed by atoms with Crippen LogP contribution in [-0.2, 0) is 14.8 Å². The summed E-state index contributed by atoms with van der Waals surface area (Å²) in [5.74, 6) is -0.246. The molecule has 0 bridgehead atoms. The number of carbonyl (C=O) groups excluding carboxylic acids is 2. The van der Waals surface area contributed by atoms with Crippen molar-refractivity contribution < 1.29 is 22.7 Å². The van der Waals surface area contributed by atoms with Gasteiger partial charge >= 0.3 is 12.1 Å². The quantitative estimate of drug-likeness (QED) is 0.503. The zero-order chi connectivity index (χ0) is 25.6. The van der Waals surface area contributed by atoms with E-state index < -0.39 is 27.7 Å². The smallest absolute Gasteiger partial charge is 0.410 e. The van der Waals surface area contributed by atoms with Gasteiger partial charge in [0.15, 0.2) is 0 Å². The number of nitrogens with two attached hydrogens (primary N) is 1. The molecule has 0 radical (unpaired) electrons. The highest BCUT2D eigenvalue weighted by Crippen LogP contribution is 2.35. The molecule has 4 N–H and O–H groups in total. The van der Waals surface area contributed by atoms with Crippen molar-refractivity contribution in [2.45, 2.75) is 45.3 Å². The van der Waals surface area contributed by atoms with Gasteiger partial charge in [-0.25, -0.2) is 22.7 Å². The molecule has 1 unspecified atom stereocenters. The molecule has 1 aliphatic heterocycles. The summed E-state index contributed by atoms with van der Waals surface area (Å²) < 4.78 is 33.5. The van der Waals surface area contributed by atoms with Crippen LogP contribution in [0.15, 0.2) is 42.5 Å². The van der Waals surface area contributed by atoms with E-state index in [9.17, 15) is 18.0 Å². The maximum Gasteiger partial charge on any atom is 0.410 e. The lowest BCUT2D eigenvalue weighted by molar-refractivity contribution is 0.0195. The third-order valence-electron chi connectivity index (χ3n) is 5.08. The second-order valence-corrected chi connectivity index (χ2v) is 12.2. The van der Waals surface area contributed by atoms with E-state index in [1.807, 2.05) is 36.4 Å². The summed E-state index contributed by atoms with van der Waals surface area (Å²) in [5.41, 5.74) is 6.18. The van der Waals surface area contributed by atoms with E-state index in [-0.39, 0.29) is 18.3 Å². The molecule has 0 saturated carbocycles. The van der Waals surface area contributed by atoms with Gasteiger partial charge in [-0.3, -0.25) is 0 Å². The molecule has 1 atom stereocenters. The maximum absolute atomic E-state index is 12.7. The fourth-order valence-corrected chi connectivity index (χ4v) is 5.85. The third kappa shape index (κ3) is 8.37. The van der Waals surface area contributed by atoms with Gasteiger partial charge in [-0.1, -0.05) is 36.4 Å². The van der Waals surface area contributed by atoms with Gasteiger partial charge in [0.1, 0.15) is 5.60 Å². The highest BCUT2D eigenvalue weighted by Gasteiger charge is 2.29. The highest BCUT2D eigenvalue weighted by molar-refractivity contribution is 7.89. The van der Waals surface area contributed by atoms with E-state index in [4.69, 9.17) is 10.5 Å². The van der Waals surface area contributed by atoms with Crippen LogP contribution < -0.4 is 15.8 Å². The van der Waals surface area contributed by atoms with Crippen LogP contribution in [0.1, 0.15) is 38.5 Å². The summed E-state index contributed by atoms with van der Waals surface area (Å²) in [4.78, 5) is 26.9. The first-order chi connectivity index (χ1) is 16.4. The van der Waals surface area contributed by atoms with Crippen LogP contribution in [-0.4, -0.2) is 55.9 Å². The minimum atomic E-state index is -3.64. The first-order valence-corrected chi connectivity index (χ1v) is 13.8. The molecule has 0 spiro atoms. The summed E-state index contributed by atoms with van der Waals surface area (Å²) in [5, 5.41) is 2.59. The molecule has 35 heavy (non-hydrogen) atoms. The zero-order valence-electron chi connectivity index (χ0n) is 20.1. The Labute approximate surface area is 210 Å². The minimum absolute atomic E-state index is 0.246. The van der Waals surface area contributed by atoms with Crippen LogP contribution in [0.4, 0.5) is 15.3 Å². The van der Waals surface area contributed by atoms with Gasteiger partial charge in [0.05, 0.1) is 16.3 Å². The molecule has 1 aromatic heterocycles. The topological polar surface area (TPSA) is 131 Å². The van der Waals surface area contributed by atoms with Crippen molar-refractivity contribution in [3.63, 3.8) is 0 Å².